The number of nitrogens with one attached hydrogen (secondary N) is 1. The van der Waals surface area contributed by atoms with E-state index in [1.54, 1.807) is 0 Å². The highest BCUT2D eigenvalue weighted by atomic mass is 32.2. The molecule has 0 bridgehead atoms. The third kappa shape index (κ3) is 4.65. The van der Waals surface area contributed by atoms with Crippen LogP contribution in [0.3, 0.4) is 0 Å². The number of sulfone groups is 1. The monoisotopic (exact) mass is 421 g/mol. The molecule has 0 saturated heterocycles. The minimum atomic E-state index is -3.70. The van der Waals surface area contributed by atoms with Gasteiger partial charge in [-0.1, -0.05) is 0 Å². The molecule has 0 fully saturated rings. The second-order valence-corrected chi connectivity index (χ2v) is 8.44. The average Bonchev–Trinajstić information content (AvgIpc) is 2.66. The molecule has 0 radical (unpaired) electrons. The molecule has 0 saturated carbocycles. The van der Waals surface area contributed by atoms with Crippen molar-refractivity contribution in [1.82, 2.24) is 14.9 Å². The molecule has 0 aliphatic rings. The van der Waals surface area contributed by atoms with Crippen LogP contribution in [0, 0.1) is 18.6 Å². The number of carbonyl (C=O) groups excluding carboxylic acids is 1. The van der Waals surface area contributed by atoms with Crippen molar-refractivity contribution in [3.05, 3.63) is 70.3 Å². The van der Waals surface area contributed by atoms with Crippen LogP contribution in [0.4, 0.5) is 8.78 Å². The van der Waals surface area contributed by atoms with Crippen molar-refractivity contribution in [3.8, 4) is 0 Å². The molecule has 0 unspecified atom stereocenters. The first-order valence-electron chi connectivity index (χ1n) is 8.59. The van der Waals surface area contributed by atoms with Gasteiger partial charge in [-0.05, 0) is 49.4 Å². The van der Waals surface area contributed by atoms with Gasteiger partial charge in [0.1, 0.15) is 24.0 Å². The van der Waals surface area contributed by atoms with Gasteiger partial charge in [-0.25, -0.2) is 22.2 Å². The first-order chi connectivity index (χ1) is 13.7. The molecule has 3 rings (SSSR count). The third-order valence-electron chi connectivity index (χ3n) is 4.27. The largest absolute Gasteiger partial charge is 0.354 e. The number of rotatable bonds is 6. The van der Waals surface area contributed by atoms with E-state index in [0.717, 1.165) is 34.9 Å². The first kappa shape index (κ1) is 20.6. The van der Waals surface area contributed by atoms with E-state index in [9.17, 15) is 26.8 Å². The van der Waals surface area contributed by atoms with Crippen molar-refractivity contribution >= 4 is 26.6 Å². The summed E-state index contributed by atoms with van der Waals surface area (Å²) in [4.78, 5) is 28.8. The standard InChI is InChI=1S/C19H17F2N3O4S/c1-12-23-17-7-4-14(21)10-16(17)19(26)24(12)11-18(25)22-8-9-29(27,28)15-5-2-13(20)3-6-15/h2-7,10H,8-9,11H2,1H3,(H,22,25). The van der Waals surface area contributed by atoms with E-state index in [4.69, 9.17) is 0 Å². The molecule has 0 aliphatic heterocycles. The zero-order valence-electron chi connectivity index (χ0n) is 15.4. The maximum absolute atomic E-state index is 13.4. The Morgan fingerprint density at radius 2 is 1.76 bits per heavy atom. The molecule has 0 aliphatic carbocycles. The van der Waals surface area contributed by atoms with Crippen LogP contribution in [0.5, 0.6) is 0 Å². The zero-order chi connectivity index (χ0) is 21.2. The number of aryl methyl sites for hydroxylation is 1. The normalized spacial score (nSPS) is 11.6. The molecule has 1 aromatic heterocycles. The van der Waals surface area contributed by atoms with Crippen molar-refractivity contribution in [1.29, 1.82) is 0 Å². The van der Waals surface area contributed by atoms with Gasteiger partial charge in [0.15, 0.2) is 9.84 Å². The van der Waals surface area contributed by atoms with Crippen LogP contribution in [0.15, 0.2) is 52.2 Å². The first-order valence-corrected chi connectivity index (χ1v) is 10.2. The van der Waals surface area contributed by atoms with E-state index >= 15 is 0 Å². The van der Waals surface area contributed by atoms with Crippen molar-refractivity contribution in [2.75, 3.05) is 12.3 Å². The van der Waals surface area contributed by atoms with Crippen molar-refractivity contribution < 1.29 is 22.0 Å². The second kappa shape index (κ2) is 8.08. The predicted octanol–water partition coefficient (Wildman–Crippen LogP) is 1.57. The molecule has 1 heterocycles. The van der Waals surface area contributed by atoms with Crippen LogP contribution >= 0.6 is 0 Å². The summed E-state index contributed by atoms with van der Waals surface area (Å²) in [6.07, 6.45) is 0. The Bertz CT molecular complexity index is 1240. The number of hydrogen-bond acceptors (Lipinski definition) is 5. The average molecular weight is 421 g/mol. The van der Waals surface area contributed by atoms with Crippen LogP contribution in [-0.4, -0.2) is 36.2 Å². The van der Waals surface area contributed by atoms with Crippen LogP contribution in [0.1, 0.15) is 5.82 Å². The molecule has 0 spiro atoms. The lowest BCUT2D eigenvalue weighted by Crippen LogP contribution is -2.36. The number of aromatic nitrogens is 2. The fourth-order valence-corrected chi connectivity index (χ4v) is 3.93. The number of fused-ring (bicyclic) bond motifs is 1. The molecule has 152 valence electrons. The Hall–Kier alpha value is -3.14. The molecule has 29 heavy (non-hydrogen) atoms. The smallest absolute Gasteiger partial charge is 0.261 e. The van der Waals surface area contributed by atoms with Crippen LogP contribution < -0.4 is 10.9 Å². The van der Waals surface area contributed by atoms with Gasteiger partial charge in [-0.3, -0.25) is 14.2 Å². The molecule has 10 heteroatoms. The highest BCUT2D eigenvalue weighted by Gasteiger charge is 2.16. The van der Waals surface area contributed by atoms with E-state index in [2.05, 4.69) is 10.3 Å². The van der Waals surface area contributed by atoms with E-state index in [-0.39, 0.29) is 34.9 Å². The Morgan fingerprint density at radius 3 is 2.45 bits per heavy atom. The number of carbonyl (C=O) groups is 1. The van der Waals surface area contributed by atoms with E-state index in [1.165, 1.54) is 19.1 Å². The second-order valence-electron chi connectivity index (χ2n) is 6.33. The lowest BCUT2D eigenvalue weighted by molar-refractivity contribution is -0.121. The SMILES string of the molecule is Cc1nc2ccc(F)cc2c(=O)n1CC(=O)NCCS(=O)(=O)c1ccc(F)cc1. The summed E-state index contributed by atoms with van der Waals surface area (Å²) in [5.74, 6) is -1.87. The molecule has 0 atom stereocenters. The molecular weight excluding hydrogens is 404 g/mol. The summed E-state index contributed by atoms with van der Waals surface area (Å²) in [7, 11) is -3.70. The number of halogens is 2. The minimum Gasteiger partial charge on any atom is -0.354 e. The van der Waals surface area contributed by atoms with Gasteiger partial charge < -0.3 is 5.32 Å². The van der Waals surface area contributed by atoms with Gasteiger partial charge in [0, 0.05) is 6.54 Å². The molecule has 1 amide bonds. The van der Waals surface area contributed by atoms with E-state index in [1.807, 2.05) is 0 Å². The number of hydrogen-bond donors (Lipinski definition) is 1. The Labute approximate surface area is 164 Å². The van der Waals surface area contributed by atoms with Crippen molar-refractivity contribution in [2.45, 2.75) is 18.4 Å². The predicted molar refractivity (Wildman–Crippen MR) is 102 cm³/mol. The fraction of sp³-hybridized carbons (Fsp3) is 0.211. The summed E-state index contributed by atoms with van der Waals surface area (Å²) < 4.78 is 51.8. The van der Waals surface area contributed by atoms with Gasteiger partial charge in [-0.15, -0.1) is 0 Å². The quantitative estimate of drug-likeness (QED) is 0.610. The van der Waals surface area contributed by atoms with Gasteiger partial charge >= 0.3 is 0 Å². The highest BCUT2D eigenvalue weighted by molar-refractivity contribution is 7.91. The van der Waals surface area contributed by atoms with Crippen molar-refractivity contribution in [2.24, 2.45) is 0 Å². The Kier molecular flexibility index (Phi) is 5.73. The maximum Gasteiger partial charge on any atom is 0.261 e. The Balaban J connectivity index is 1.68. The summed E-state index contributed by atoms with van der Waals surface area (Å²) in [5, 5.41) is 2.47. The summed E-state index contributed by atoms with van der Waals surface area (Å²) in [5.41, 5.74) is -0.253. The van der Waals surface area contributed by atoms with Crippen LogP contribution in [0.25, 0.3) is 10.9 Å². The number of amides is 1. The van der Waals surface area contributed by atoms with Gasteiger partial charge in [0.2, 0.25) is 5.91 Å². The minimum absolute atomic E-state index is 0.0438. The fourth-order valence-electron chi connectivity index (χ4n) is 2.77. The Morgan fingerprint density at radius 1 is 1.10 bits per heavy atom. The summed E-state index contributed by atoms with van der Waals surface area (Å²) in [6, 6.07) is 7.99. The van der Waals surface area contributed by atoms with Gasteiger partial charge in [0.05, 0.1) is 21.6 Å². The van der Waals surface area contributed by atoms with Gasteiger partial charge in [0.25, 0.3) is 5.56 Å². The summed E-state index contributed by atoms with van der Waals surface area (Å²) >= 11 is 0. The highest BCUT2D eigenvalue weighted by Crippen LogP contribution is 2.12. The number of benzene rings is 2. The lowest BCUT2D eigenvalue weighted by atomic mass is 10.2. The summed E-state index contributed by atoms with van der Waals surface area (Å²) in [6.45, 7) is 0.958. The topological polar surface area (TPSA) is 98.1 Å². The van der Waals surface area contributed by atoms with E-state index < -0.39 is 32.9 Å². The van der Waals surface area contributed by atoms with Crippen molar-refractivity contribution in [3.63, 3.8) is 0 Å². The molecule has 7 nitrogen and oxygen atoms in total. The number of nitrogens with zero attached hydrogens (tertiary/aromatic N) is 2. The van der Waals surface area contributed by atoms with Crippen LogP contribution in [0.2, 0.25) is 0 Å². The molecule has 1 N–H and O–H groups in total. The third-order valence-corrected chi connectivity index (χ3v) is 6.01. The lowest BCUT2D eigenvalue weighted by Gasteiger charge is -2.11. The molecule has 3 aromatic rings. The van der Waals surface area contributed by atoms with Gasteiger partial charge in [-0.2, -0.15) is 0 Å². The van der Waals surface area contributed by atoms with Crippen LogP contribution in [-0.2, 0) is 21.2 Å². The molecule has 2 aromatic carbocycles. The zero-order valence-corrected chi connectivity index (χ0v) is 16.2. The molecular formula is C19H17F2N3O4S. The maximum atomic E-state index is 13.4. The van der Waals surface area contributed by atoms with E-state index in [0.29, 0.717) is 5.52 Å².